The molecular formula is C23H27FN2O4. The zero-order valence-corrected chi connectivity index (χ0v) is 17.3. The van der Waals surface area contributed by atoms with Gasteiger partial charge in [0.05, 0.1) is 13.2 Å². The molecule has 7 heteroatoms. The Labute approximate surface area is 176 Å². The van der Waals surface area contributed by atoms with Crippen LogP contribution >= 0.6 is 0 Å². The zero-order valence-electron chi connectivity index (χ0n) is 17.3. The van der Waals surface area contributed by atoms with Gasteiger partial charge in [-0.2, -0.15) is 0 Å². The predicted molar refractivity (Wildman–Crippen MR) is 111 cm³/mol. The van der Waals surface area contributed by atoms with Gasteiger partial charge < -0.3 is 19.7 Å². The maximum Gasteiger partial charge on any atom is 0.254 e. The van der Waals surface area contributed by atoms with Gasteiger partial charge in [0.15, 0.2) is 5.60 Å². The van der Waals surface area contributed by atoms with Crippen molar-refractivity contribution in [3.05, 3.63) is 59.9 Å². The molecule has 1 unspecified atom stereocenters. The van der Waals surface area contributed by atoms with Crippen LogP contribution in [0.5, 0.6) is 0 Å². The molecule has 30 heavy (non-hydrogen) atoms. The lowest BCUT2D eigenvalue weighted by atomic mass is 9.87. The fourth-order valence-electron chi connectivity index (χ4n) is 3.75. The van der Waals surface area contributed by atoms with Gasteiger partial charge in [-0.25, -0.2) is 4.39 Å². The summed E-state index contributed by atoms with van der Waals surface area (Å²) in [5.41, 5.74) is 1.41. The van der Waals surface area contributed by atoms with Crippen LogP contribution in [0, 0.1) is 5.82 Å². The Morgan fingerprint density at radius 3 is 2.63 bits per heavy atom. The van der Waals surface area contributed by atoms with Gasteiger partial charge in [0, 0.05) is 26.6 Å². The summed E-state index contributed by atoms with van der Waals surface area (Å²) in [5.74, 6) is -0.743. The first kappa shape index (κ1) is 21.9. The summed E-state index contributed by atoms with van der Waals surface area (Å²) >= 11 is 0. The predicted octanol–water partition coefficient (Wildman–Crippen LogP) is 2.42. The van der Waals surface area contributed by atoms with Gasteiger partial charge >= 0.3 is 0 Å². The van der Waals surface area contributed by atoms with E-state index in [1.807, 2.05) is 31.2 Å². The summed E-state index contributed by atoms with van der Waals surface area (Å²) < 4.78 is 24.4. The largest absolute Gasteiger partial charge is 0.375 e. The molecular weight excluding hydrogens is 387 g/mol. The van der Waals surface area contributed by atoms with E-state index in [-0.39, 0.29) is 43.8 Å². The van der Waals surface area contributed by atoms with Gasteiger partial charge in [0.25, 0.3) is 5.91 Å². The monoisotopic (exact) mass is 414 g/mol. The van der Waals surface area contributed by atoms with Gasteiger partial charge in [-0.05, 0) is 35.7 Å². The second kappa shape index (κ2) is 9.82. The van der Waals surface area contributed by atoms with Gasteiger partial charge in [-0.1, -0.05) is 36.4 Å². The van der Waals surface area contributed by atoms with Crippen molar-refractivity contribution >= 4 is 11.8 Å². The van der Waals surface area contributed by atoms with E-state index in [4.69, 9.17) is 9.47 Å². The molecule has 1 aliphatic heterocycles. The Morgan fingerprint density at radius 2 is 1.93 bits per heavy atom. The highest BCUT2D eigenvalue weighted by atomic mass is 19.1. The molecule has 0 aliphatic carbocycles. The van der Waals surface area contributed by atoms with E-state index < -0.39 is 5.60 Å². The van der Waals surface area contributed by atoms with Crippen LogP contribution in [0.1, 0.15) is 12.5 Å². The van der Waals surface area contributed by atoms with Crippen LogP contribution in [-0.4, -0.2) is 62.3 Å². The second-order valence-corrected chi connectivity index (χ2v) is 7.29. The summed E-state index contributed by atoms with van der Waals surface area (Å²) in [4.78, 5) is 27.1. The van der Waals surface area contributed by atoms with Crippen molar-refractivity contribution in [3.8, 4) is 11.1 Å². The quantitative estimate of drug-likeness (QED) is 0.756. The first-order valence-corrected chi connectivity index (χ1v) is 10.0. The van der Waals surface area contributed by atoms with Crippen LogP contribution in [0.25, 0.3) is 11.1 Å². The van der Waals surface area contributed by atoms with Crippen molar-refractivity contribution < 1.29 is 23.5 Å². The number of rotatable bonds is 7. The Bertz CT molecular complexity index is 887. The van der Waals surface area contributed by atoms with Crippen molar-refractivity contribution in [3.63, 3.8) is 0 Å². The first-order chi connectivity index (χ1) is 14.5. The molecule has 3 rings (SSSR count). The molecule has 1 heterocycles. The summed E-state index contributed by atoms with van der Waals surface area (Å²) in [6.07, 6.45) is 0.281. The molecule has 2 aromatic rings. The Kier molecular flexibility index (Phi) is 7.18. The summed E-state index contributed by atoms with van der Waals surface area (Å²) in [7, 11) is 1.47. The number of hydrogen-bond acceptors (Lipinski definition) is 4. The van der Waals surface area contributed by atoms with Crippen LogP contribution in [0.15, 0.2) is 48.5 Å². The molecule has 0 spiro atoms. The maximum atomic E-state index is 13.4. The number of nitrogens with one attached hydrogen (secondary N) is 1. The van der Waals surface area contributed by atoms with E-state index in [1.54, 1.807) is 17.0 Å². The number of carbonyl (C=O) groups is 2. The fraction of sp³-hybridized carbons (Fsp3) is 0.391. The average Bonchev–Trinajstić information content (AvgIpc) is 2.75. The lowest BCUT2D eigenvalue weighted by Crippen LogP contribution is -2.62. The molecule has 1 aliphatic rings. The third kappa shape index (κ3) is 4.86. The third-order valence-corrected chi connectivity index (χ3v) is 5.21. The van der Waals surface area contributed by atoms with Crippen LogP contribution in [-0.2, 0) is 25.5 Å². The van der Waals surface area contributed by atoms with Crippen LogP contribution in [0.2, 0.25) is 0 Å². The van der Waals surface area contributed by atoms with Crippen LogP contribution in [0.4, 0.5) is 4.39 Å². The lowest BCUT2D eigenvalue weighted by molar-refractivity contribution is -0.167. The van der Waals surface area contributed by atoms with Gasteiger partial charge in [-0.15, -0.1) is 0 Å². The number of nitrogens with zero attached hydrogens (tertiary/aromatic N) is 1. The fourth-order valence-corrected chi connectivity index (χ4v) is 3.75. The van der Waals surface area contributed by atoms with Crippen molar-refractivity contribution in [2.75, 3.05) is 40.0 Å². The number of ether oxygens (including phenoxy) is 2. The van der Waals surface area contributed by atoms with Crippen molar-refractivity contribution in [1.82, 2.24) is 10.2 Å². The lowest BCUT2D eigenvalue weighted by Gasteiger charge is -2.42. The smallest absolute Gasteiger partial charge is 0.254 e. The number of benzene rings is 2. The molecule has 0 aromatic heterocycles. The number of halogens is 1. The standard InChI is InChI=1S/C23H27FN2O4/c1-3-25-22(28)23(16-26(12-13-30-23)21(27)15-29-2)14-18-6-4-5-7-20(18)17-8-10-19(24)11-9-17/h4-11H,3,12-16H2,1-2H3,(H,25,28). The summed E-state index contributed by atoms with van der Waals surface area (Å²) in [6.45, 7) is 3.05. The number of morpholine rings is 1. The van der Waals surface area contributed by atoms with Crippen LogP contribution < -0.4 is 5.32 Å². The molecule has 0 saturated carbocycles. The molecule has 1 fully saturated rings. The second-order valence-electron chi connectivity index (χ2n) is 7.29. The van der Waals surface area contributed by atoms with Crippen LogP contribution in [0.3, 0.4) is 0 Å². The molecule has 1 atom stereocenters. The van der Waals surface area contributed by atoms with Gasteiger partial charge in [0.2, 0.25) is 5.91 Å². The number of methoxy groups -OCH3 is 1. The third-order valence-electron chi connectivity index (χ3n) is 5.21. The molecule has 0 radical (unpaired) electrons. The van der Waals surface area contributed by atoms with E-state index in [2.05, 4.69) is 5.32 Å². The number of hydrogen-bond donors (Lipinski definition) is 1. The van der Waals surface area contributed by atoms with Crippen molar-refractivity contribution in [2.45, 2.75) is 18.9 Å². The molecule has 6 nitrogen and oxygen atoms in total. The minimum Gasteiger partial charge on any atom is -0.375 e. The van der Waals surface area contributed by atoms with E-state index >= 15 is 0 Å². The molecule has 1 saturated heterocycles. The Balaban J connectivity index is 1.96. The van der Waals surface area contributed by atoms with Gasteiger partial charge in [0.1, 0.15) is 12.4 Å². The molecule has 2 aromatic carbocycles. The van der Waals surface area contributed by atoms with Crippen molar-refractivity contribution in [2.24, 2.45) is 0 Å². The SMILES string of the molecule is CCNC(=O)C1(Cc2ccccc2-c2ccc(F)cc2)CN(C(=O)COC)CCO1. The molecule has 0 bridgehead atoms. The first-order valence-electron chi connectivity index (χ1n) is 10.0. The normalized spacial score (nSPS) is 18.8. The molecule has 160 valence electrons. The van der Waals surface area contributed by atoms with E-state index in [0.717, 1.165) is 16.7 Å². The highest BCUT2D eigenvalue weighted by Gasteiger charge is 2.45. The summed E-state index contributed by atoms with van der Waals surface area (Å²) in [6, 6.07) is 13.9. The van der Waals surface area contributed by atoms with E-state index in [0.29, 0.717) is 13.1 Å². The van der Waals surface area contributed by atoms with E-state index in [9.17, 15) is 14.0 Å². The van der Waals surface area contributed by atoms with Crippen molar-refractivity contribution in [1.29, 1.82) is 0 Å². The zero-order chi connectivity index (χ0) is 21.6. The number of likely N-dealkylation sites (N-methyl/N-ethyl adjacent to an activating group) is 1. The highest BCUT2D eigenvalue weighted by Crippen LogP contribution is 2.30. The minimum atomic E-state index is -1.21. The summed E-state index contributed by atoms with van der Waals surface area (Å²) in [5, 5.41) is 2.85. The number of carbonyl (C=O) groups excluding carboxylic acids is 2. The maximum absolute atomic E-state index is 13.4. The Morgan fingerprint density at radius 1 is 1.20 bits per heavy atom. The highest BCUT2D eigenvalue weighted by molar-refractivity contribution is 5.88. The molecule has 2 amide bonds. The average molecular weight is 414 g/mol. The molecule has 1 N–H and O–H groups in total. The Hall–Kier alpha value is -2.77. The van der Waals surface area contributed by atoms with E-state index in [1.165, 1.54) is 19.2 Å². The van der Waals surface area contributed by atoms with Gasteiger partial charge in [-0.3, -0.25) is 9.59 Å². The number of amides is 2. The topological polar surface area (TPSA) is 67.9 Å². The minimum absolute atomic E-state index is 0.0440.